The third kappa shape index (κ3) is 6.56. The smallest absolute Gasteiger partial charge is 0.229 e. The molecule has 0 saturated carbocycles. The van der Waals surface area contributed by atoms with Crippen molar-refractivity contribution in [2.24, 2.45) is 0 Å². The number of anilines is 5. The summed E-state index contributed by atoms with van der Waals surface area (Å²) in [6.45, 7) is 1.94. The van der Waals surface area contributed by atoms with Crippen molar-refractivity contribution in [3.63, 3.8) is 0 Å². The number of ketones is 1. The summed E-state index contributed by atoms with van der Waals surface area (Å²) in [6, 6.07) is 11.8. The molecule has 2 aromatic carbocycles. The fourth-order valence-electron chi connectivity index (χ4n) is 2.99. The summed E-state index contributed by atoms with van der Waals surface area (Å²) in [4.78, 5) is 20.9. The lowest BCUT2D eigenvalue weighted by molar-refractivity contribution is 0.0981. The van der Waals surface area contributed by atoms with Gasteiger partial charge in [-0.1, -0.05) is 30.7 Å². The molecule has 1 aromatic heterocycles. The van der Waals surface area contributed by atoms with Gasteiger partial charge in [-0.15, -0.1) is 0 Å². The Labute approximate surface area is 197 Å². The fraction of sp³-hybridized carbons (Fsp3) is 0.227. The third-order valence-electron chi connectivity index (χ3n) is 4.46. The number of hydrogen-bond acceptors (Lipinski definition) is 8. The van der Waals surface area contributed by atoms with E-state index in [-0.39, 0.29) is 22.6 Å². The first-order valence-electron chi connectivity index (χ1n) is 10.0. The van der Waals surface area contributed by atoms with Crippen LogP contribution in [0.25, 0.3) is 0 Å². The minimum absolute atomic E-state index is 0.0255. The van der Waals surface area contributed by atoms with Crippen LogP contribution in [0.5, 0.6) is 5.75 Å². The third-order valence-corrected chi connectivity index (χ3v) is 5.33. The van der Waals surface area contributed by atoms with Crippen LogP contribution in [0.2, 0.25) is 5.02 Å². The van der Waals surface area contributed by atoms with Crippen LogP contribution >= 0.6 is 11.6 Å². The molecular formula is C22H24ClN5O4S. The summed E-state index contributed by atoms with van der Waals surface area (Å²) in [5.74, 6) is 0.999. The zero-order chi connectivity index (χ0) is 24.0. The van der Waals surface area contributed by atoms with Crippen LogP contribution in [0.4, 0.5) is 28.8 Å². The summed E-state index contributed by atoms with van der Waals surface area (Å²) in [5, 5.41) is 6.32. The number of ether oxygens (including phenoxy) is 1. The maximum atomic E-state index is 12.3. The first-order chi connectivity index (χ1) is 15.7. The second kappa shape index (κ2) is 10.5. The summed E-state index contributed by atoms with van der Waals surface area (Å²) in [5.41, 5.74) is 1.87. The second-order valence-electron chi connectivity index (χ2n) is 7.15. The maximum Gasteiger partial charge on any atom is 0.229 e. The minimum Gasteiger partial charge on any atom is -0.495 e. The first kappa shape index (κ1) is 24.3. The Balaban J connectivity index is 1.91. The van der Waals surface area contributed by atoms with Crippen molar-refractivity contribution in [1.82, 2.24) is 9.97 Å². The summed E-state index contributed by atoms with van der Waals surface area (Å²) in [7, 11) is -1.96. The molecular weight excluding hydrogens is 466 g/mol. The SMILES string of the molecule is CCCC(=O)c1ccc(OC)c(Nc2ncc(Cl)c(Nc3ccccc3NS(C)(=O)=O)n2)c1. The number of benzene rings is 2. The zero-order valence-electron chi connectivity index (χ0n) is 18.3. The van der Waals surface area contributed by atoms with E-state index in [2.05, 4.69) is 25.3 Å². The molecule has 0 fully saturated rings. The second-order valence-corrected chi connectivity index (χ2v) is 9.30. The molecule has 0 aliphatic heterocycles. The maximum absolute atomic E-state index is 12.3. The topological polar surface area (TPSA) is 122 Å². The van der Waals surface area contributed by atoms with Gasteiger partial charge >= 0.3 is 0 Å². The van der Waals surface area contributed by atoms with Crippen molar-refractivity contribution in [1.29, 1.82) is 0 Å². The van der Waals surface area contributed by atoms with Crippen molar-refractivity contribution in [2.75, 3.05) is 28.7 Å². The molecule has 3 aromatic rings. The Morgan fingerprint density at radius 1 is 1.09 bits per heavy atom. The number of Topliss-reactive ketones (excluding diaryl/α,β-unsaturated/α-hetero) is 1. The average Bonchev–Trinajstić information content (AvgIpc) is 2.76. The van der Waals surface area contributed by atoms with E-state index in [1.165, 1.54) is 13.3 Å². The van der Waals surface area contributed by atoms with E-state index < -0.39 is 10.0 Å². The van der Waals surface area contributed by atoms with Gasteiger partial charge in [-0.3, -0.25) is 9.52 Å². The molecule has 0 radical (unpaired) electrons. The van der Waals surface area contributed by atoms with E-state index in [0.29, 0.717) is 34.8 Å². The van der Waals surface area contributed by atoms with E-state index >= 15 is 0 Å². The van der Waals surface area contributed by atoms with Gasteiger partial charge in [0.25, 0.3) is 0 Å². The average molecular weight is 490 g/mol. The molecule has 174 valence electrons. The highest BCUT2D eigenvalue weighted by atomic mass is 35.5. The minimum atomic E-state index is -3.48. The van der Waals surface area contributed by atoms with Crippen molar-refractivity contribution < 1.29 is 17.9 Å². The number of sulfonamides is 1. The first-order valence-corrected chi connectivity index (χ1v) is 12.3. The number of rotatable bonds is 10. The lowest BCUT2D eigenvalue weighted by atomic mass is 10.1. The van der Waals surface area contributed by atoms with Gasteiger partial charge in [-0.25, -0.2) is 13.4 Å². The van der Waals surface area contributed by atoms with Gasteiger partial charge in [0.2, 0.25) is 16.0 Å². The molecule has 1 heterocycles. The van der Waals surface area contributed by atoms with Crippen LogP contribution in [-0.2, 0) is 10.0 Å². The molecule has 3 rings (SSSR count). The number of hydrogen-bond donors (Lipinski definition) is 3. The van der Waals surface area contributed by atoms with Gasteiger partial charge in [0.15, 0.2) is 11.6 Å². The molecule has 0 amide bonds. The molecule has 3 N–H and O–H groups in total. The van der Waals surface area contributed by atoms with Crippen LogP contribution in [0, 0.1) is 0 Å². The van der Waals surface area contributed by atoms with Crippen LogP contribution in [0.1, 0.15) is 30.1 Å². The van der Waals surface area contributed by atoms with Crippen molar-refractivity contribution in [3.8, 4) is 5.75 Å². The zero-order valence-corrected chi connectivity index (χ0v) is 19.9. The molecule has 0 atom stereocenters. The molecule has 33 heavy (non-hydrogen) atoms. The summed E-state index contributed by atoms with van der Waals surface area (Å²) >= 11 is 6.27. The van der Waals surface area contributed by atoms with Crippen molar-refractivity contribution in [3.05, 3.63) is 59.2 Å². The molecule has 9 nitrogen and oxygen atoms in total. The van der Waals surface area contributed by atoms with Crippen LogP contribution < -0.4 is 20.1 Å². The van der Waals surface area contributed by atoms with E-state index in [1.54, 1.807) is 42.5 Å². The van der Waals surface area contributed by atoms with E-state index in [1.807, 2.05) is 6.92 Å². The quantitative estimate of drug-likeness (QED) is 0.341. The van der Waals surface area contributed by atoms with Crippen LogP contribution in [-0.4, -0.2) is 37.5 Å². The highest BCUT2D eigenvalue weighted by molar-refractivity contribution is 7.92. The number of methoxy groups -OCH3 is 1. The van der Waals surface area contributed by atoms with Gasteiger partial charge in [0, 0.05) is 12.0 Å². The Morgan fingerprint density at radius 3 is 2.48 bits per heavy atom. The van der Waals surface area contributed by atoms with Crippen LogP contribution in [0.3, 0.4) is 0 Å². The molecule has 0 unspecified atom stereocenters. The Hall–Kier alpha value is -3.37. The molecule has 0 bridgehead atoms. The standard InChI is InChI=1S/C22H24ClN5O4S/c1-4-7-19(29)14-10-11-20(32-2)18(12-14)26-22-24-13-15(23)21(27-22)25-16-8-5-6-9-17(16)28-33(3,30)31/h5-6,8-13,28H,4,7H2,1-3H3,(H2,24,25,26,27). The van der Waals surface area contributed by atoms with Gasteiger partial charge in [0.05, 0.1) is 36.6 Å². The number of nitrogens with one attached hydrogen (secondary N) is 3. The number of carbonyl (C=O) groups is 1. The number of nitrogens with zero attached hydrogens (tertiary/aromatic N) is 2. The Bertz CT molecular complexity index is 1270. The Morgan fingerprint density at radius 2 is 1.82 bits per heavy atom. The van der Waals surface area contributed by atoms with Crippen LogP contribution in [0.15, 0.2) is 48.7 Å². The molecule has 0 aliphatic rings. The largest absolute Gasteiger partial charge is 0.495 e. The van der Waals surface area contributed by atoms with Crippen molar-refractivity contribution >= 4 is 56.2 Å². The highest BCUT2D eigenvalue weighted by Crippen LogP contribution is 2.32. The van der Waals surface area contributed by atoms with Gasteiger partial charge in [-0.2, -0.15) is 4.98 Å². The highest BCUT2D eigenvalue weighted by Gasteiger charge is 2.14. The van der Waals surface area contributed by atoms with E-state index in [9.17, 15) is 13.2 Å². The summed E-state index contributed by atoms with van der Waals surface area (Å²) < 4.78 is 31.2. The predicted octanol–water partition coefficient (Wildman–Crippen LogP) is 4.98. The van der Waals surface area contributed by atoms with Crippen molar-refractivity contribution in [2.45, 2.75) is 19.8 Å². The number of halogens is 1. The number of para-hydroxylation sites is 2. The van der Waals surface area contributed by atoms with Gasteiger partial charge in [-0.05, 0) is 36.8 Å². The number of carbonyl (C=O) groups excluding carboxylic acids is 1. The lowest BCUT2D eigenvalue weighted by Gasteiger charge is -2.15. The lowest BCUT2D eigenvalue weighted by Crippen LogP contribution is -2.11. The van der Waals surface area contributed by atoms with Gasteiger partial charge < -0.3 is 15.4 Å². The monoisotopic (exact) mass is 489 g/mol. The Kier molecular flexibility index (Phi) is 7.72. The fourth-order valence-corrected chi connectivity index (χ4v) is 3.71. The van der Waals surface area contributed by atoms with E-state index in [4.69, 9.17) is 16.3 Å². The molecule has 0 spiro atoms. The predicted molar refractivity (Wildman–Crippen MR) is 131 cm³/mol. The van der Waals surface area contributed by atoms with Gasteiger partial charge in [0.1, 0.15) is 10.8 Å². The van der Waals surface area contributed by atoms with E-state index in [0.717, 1.165) is 12.7 Å². The number of aromatic nitrogens is 2. The summed E-state index contributed by atoms with van der Waals surface area (Å²) in [6.07, 6.45) is 3.66. The molecule has 0 saturated heterocycles. The normalized spacial score (nSPS) is 11.0. The molecule has 0 aliphatic carbocycles. The molecule has 11 heteroatoms.